The van der Waals surface area contributed by atoms with Gasteiger partial charge in [-0.25, -0.2) is 4.98 Å². The fourth-order valence-electron chi connectivity index (χ4n) is 1.94. The normalized spacial score (nSPS) is 10.2. The summed E-state index contributed by atoms with van der Waals surface area (Å²) in [4.78, 5) is 16.8. The fraction of sp³-hybridized carbons (Fsp3) is 0.0588. The molecule has 1 amide bonds. The molecule has 0 aliphatic rings. The molecule has 3 rings (SSSR count). The van der Waals surface area contributed by atoms with Crippen LogP contribution >= 0.6 is 11.3 Å². The summed E-state index contributed by atoms with van der Waals surface area (Å²) in [5.74, 6) is 1.36. The van der Waals surface area contributed by atoms with E-state index in [1.54, 1.807) is 5.51 Å². The van der Waals surface area contributed by atoms with E-state index in [9.17, 15) is 4.79 Å². The molecule has 0 saturated carbocycles. The van der Waals surface area contributed by atoms with Crippen LogP contribution in [0.5, 0.6) is 11.5 Å². The third kappa shape index (κ3) is 3.32. The van der Waals surface area contributed by atoms with E-state index in [0.717, 1.165) is 22.9 Å². The number of para-hydroxylation sites is 1. The molecule has 2 aromatic carbocycles. The number of nitrogens with one attached hydrogen (secondary N) is 1. The zero-order valence-corrected chi connectivity index (χ0v) is 12.8. The van der Waals surface area contributed by atoms with Gasteiger partial charge in [0.2, 0.25) is 0 Å². The maximum atomic E-state index is 12.1. The molecule has 0 spiro atoms. The SMILES string of the molecule is Cc1ncsc1C(=O)Nc1ccc(Oc2ccccc2)cc1. The first kappa shape index (κ1) is 14.3. The topological polar surface area (TPSA) is 51.2 Å². The van der Waals surface area contributed by atoms with Crippen LogP contribution in [0.2, 0.25) is 0 Å². The van der Waals surface area contributed by atoms with E-state index in [4.69, 9.17) is 4.74 Å². The maximum Gasteiger partial charge on any atom is 0.267 e. The molecule has 0 radical (unpaired) electrons. The van der Waals surface area contributed by atoms with Crippen LogP contribution < -0.4 is 10.1 Å². The molecule has 22 heavy (non-hydrogen) atoms. The van der Waals surface area contributed by atoms with E-state index >= 15 is 0 Å². The predicted octanol–water partition coefficient (Wildman–Crippen LogP) is 4.50. The average Bonchev–Trinajstić information content (AvgIpc) is 2.96. The molecule has 1 heterocycles. The van der Waals surface area contributed by atoms with Gasteiger partial charge in [-0.05, 0) is 43.3 Å². The molecule has 1 N–H and O–H groups in total. The Labute approximate surface area is 132 Å². The molecular weight excluding hydrogens is 296 g/mol. The standard InChI is InChI=1S/C17H14N2O2S/c1-12-16(22-11-18-12)17(20)19-13-7-9-15(10-8-13)21-14-5-3-2-4-6-14/h2-11H,1H3,(H,19,20). The number of benzene rings is 2. The van der Waals surface area contributed by atoms with E-state index in [1.165, 1.54) is 11.3 Å². The van der Waals surface area contributed by atoms with Gasteiger partial charge in [0, 0.05) is 5.69 Å². The molecule has 0 atom stereocenters. The number of hydrogen-bond donors (Lipinski definition) is 1. The van der Waals surface area contributed by atoms with Crippen LogP contribution in [-0.2, 0) is 0 Å². The molecule has 3 aromatic rings. The number of aryl methyl sites for hydroxylation is 1. The van der Waals surface area contributed by atoms with Gasteiger partial charge < -0.3 is 10.1 Å². The van der Waals surface area contributed by atoms with Gasteiger partial charge in [-0.2, -0.15) is 0 Å². The van der Waals surface area contributed by atoms with Crippen LogP contribution in [0.3, 0.4) is 0 Å². The van der Waals surface area contributed by atoms with E-state index in [1.807, 2.05) is 61.5 Å². The van der Waals surface area contributed by atoms with Crippen molar-refractivity contribution in [2.75, 3.05) is 5.32 Å². The quantitative estimate of drug-likeness (QED) is 0.772. The Balaban J connectivity index is 1.67. The van der Waals surface area contributed by atoms with Crippen molar-refractivity contribution in [3.63, 3.8) is 0 Å². The van der Waals surface area contributed by atoms with Crippen LogP contribution in [-0.4, -0.2) is 10.9 Å². The smallest absolute Gasteiger partial charge is 0.267 e. The molecule has 0 unspecified atom stereocenters. The number of thiazole rings is 1. The van der Waals surface area contributed by atoms with Gasteiger partial charge >= 0.3 is 0 Å². The highest BCUT2D eigenvalue weighted by molar-refractivity contribution is 7.12. The first-order chi connectivity index (χ1) is 10.7. The summed E-state index contributed by atoms with van der Waals surface area (Å²) in [5, 5.41) is 2.85. The second kappa shape index (κ2) is 6.41. The maximum absolute atomic E-state index is 12.1. The number of ether oxygens (including phenoxy) is 1. The summed E-state index contributed by atoms with van der Waals surface area (Å²) in [6, 6.07) is 16.8. The Kier molecular flexibility index (Phi) is 4.16. The molecule has 0 saturated heterocycles. The molecule has 0 bridgehead atoms. The average molecular weight is 310 g/mol. The third-order valence-corrected chi connectivity index (χ3v) is 3.97. The van der Waals surface area contributed by atoms with E-state index in [-0.39, 0.29) is 5.91 Å². The number of rotatable bonds is 4. The fourth-order valence-corrected chi connectivity index (χ4v) is 2.64. The summed E-state index contributed by atoms with van der Waals surface area (Å²) >= 11 is 1.33. The third-order valence-electron chi connectivity index (χ3n) is 3.04. The van der Waals surface area contributed by atoms with Crippen LogP contribution in [0.1, 0.15) is 15.4 Å². The molecule has 0 aliphatic carbocycles. The molecule has 110 valence electrons. The number of nitrogens with zero attached hydrogens (tertiary/aromatic N) is 1. The van der Waals surface area contributed by atoms with Gasteiger partial charge in [0.1, 0.15) is 16.4 Å². The number of carbonyl (C=O) groups excluding carboxylic acids is 1. The molecular formula is C17H14N2O2S. The summed E-state index contributed by atoms with van der Waals surface area (Å²) in [6.45, 7) is 1.82. The minimum absolute atomic E-state index is 0.142. The lowest BCUT2D eigenvalue weighted by atomic mass is 10.3. The van der Waals surface area contributed by atoms with E-state index < -0.39 is 0 Å². The predicted molar refractivity (Wildman–Crippen MR) is 87.8 cm³/mol. The van der Waals surface area contributed by atoms with E-state index in [2.05, 4.69) is 10.3 Å². The van der Waals surface area contributed by atoms with Gasteiger partial charge in [-0.3, -0.25) is 4.79 Å². The number of anilines is 1. The van der Waals surface area contributed by atoms with Crippen molar-refractivity contribution in [2.24, 2.45) is 0 Å². The van der Waals surface area contributed by atoms with Crippen molar-refractivity contribution >= 4 is 22.9 Å². The van der Waals surface area contributed by atoms with E-state index in [0.29, 0.717) is 4.88 Å². The first-order valence-corrected chi connectivity index (χ1v) is 7.65. The second-order valence-electron chi connectivity index (χ2n) is 4.66. The Hall–Kier alpha value is -2.66. The lowest BCUT2D eigenvalue weighted by Gasteiger charge is -2.07. The lowest BCUT2D eigenvalue weighted by Crippen LogP contribution is -2.11. The number of carbonyl (C=O) groups is 1. The second-order valence-corrected chi connectivity index (χ2v) is 5.52. The Morgan fingerprint density at radius 1 is 1.05 bits per heavy atom. The van der Waals surface area contributed by atoms with Crippen LogP contribution in [0.4, 0.5) is 5.69 Å². The molecule has 5 heteroatoms. The number of aromatic nitrogens is 1. The highest BCUT2D eigenvalue weighted by atomic mass is 32.1. The first-order valence-electron chi connectivity index (χ1n) is 6.77. The summed E-state index contributed by atoms with van der Waals surface area (Å²) in [7, 11) is 0. The highest BCUT2D eigenvalue weighted by Gasteiger charge is 2.11. The van der Waals surface area contributed by atoms with Gasteiger partial charge in [-0.1, -0.05) is 18.2 Å². The summed E-state index contributed by atoms with van der Waals surface area (Å²) in [5.41, 5.74) is 3.13. The van der Waals surface area contributed by atoms with Crippen LogP contribution in [0.25, 0.3) is 0 Å². The molecule has 0 aliphatic heterocycles. The van der Waals surface area contributed by atoms with Crippen molar-refractivity contribution < 1.29 is 9.53 Å². The lowest BCUT2D eigenvalue weighted by molar-refractivity contribution is 0.103. The molecule has 0 fully saturated rings. The van der Waals surface area contributed by atoms with Crippen molar-refractivity contribution in [2.45, 2.75) is 6.92 Å². The van der Waals surface area contributed by atoms with Crippen molar-refractivity contribution in [3.8, 4) is 11.5 Å². The van der Waals surface area contributed by atoms with Crippen molar-refractivity contribution in [3.05, 3.63) is 70.7 Å². The Morgan fingerprint density at radius 3 is 2.36 bits per heavy atom. The van der Waals surface area contributed by atoms with Crippen LogP contribution in [0.15, 0.2) is 60.1 Å². The van der Waals surface area contributed by atoms with Crippen LogP contribution in [0, 0.1) is 6.92 Å². The molecule has 4 nitrogen and oxygen atoms in total. The monoisotopic (exact) mass is 310 g/mol. The Morgan fingerprint density at radius 2 is 1.73 bits per heavy atom. The minimum Gasteiger partial charge on any atom is -0.457 e. The van der Waals surface area contributed by atoms with Crippen molar-refractivity contribution in [1.82, 2.24) is 4.98 Å². The van der Waals surface area contributed by atoms with Crippen molar-refractivity contribution in [1.29, 1.82) is 0 Å². The van der Waals surface area contributed by atoms with Gasteiger partial charge in [0.25, 0.3) is 5.91 Å². The zero-order chi connectivity index (χ0) is 15.4. The highest BCUT2D eigenvalue weighted by Crippen LogP contribution is 2.23. The Bertz CT molecular complexity index is 767. The minimum atomic E-state index is -0.142. The summed E-state index contributed by atoms with van der Waals surface area (Å²) < 4.78 is 5.71. The largest absolute Gasteiger partial charge is 0.457 e. The zero-order valence-electron chi connectivity index (χ0n) is 11.9. The van der Waals surface area contributed by atoms with Gasteiger partial charge in [0.05, 0.1) is 11.2 Å². The molecule has 1 aromatic heterocycles. The number of hydrogen-bond acceptors (Lipinski definition) is 4. The summed E-state index contributed by atoms with van der Waals surface area (Å²) in [6.07, 6.45) is 0. The van der Waals surface area contributed by atoms with Gasteiger partial charge in [0.15, 0.2) is 0 Å². The number of amides is 1. The van der Waals surface area contributed by atoms with Gasteiger partial charge in [-0.15, -0.1) is 11.3 Å².